The number of carboxylic acid groups (broad SMARTS) is 2. The Labute approximate surface area is 240 Å². The van der Waals surface area contributed by atoms with Gasteiger partial charge in [-0.1, -0.05) is 93.4 Å². The summed E-state index contributed by atoms with van der Waals surface area (Å²) in [6.45, 7) is 14.6. The Balaban J connectivity index is -0.000000217. The van der Waals surface area contributed by atoms with Gasteiger partial charge in [0.1, 0.15) is 0 Å². The van der Waals surface area contributed by atoms with Crippen LogP contribution < -0.4 is 10.2 Å². The van der Waals surface area contributed by atoms with Gasteiger partial charge in [0.05, 0.1) is 12.5 Å². The maximum absolute atomic E-state index is 11.5. The zero-order valence-corrected chi connectivity index (χ0v) is 26.7. The molecule has 3 atom stereocenters. The van der Waals surface area contributed by atoms with Crippen LogP contribution in [0.3, 0.4) is 0 Å². The molecule has 0 rings (SSSR count). The van der Waals surface area contributed by atoms with Crippen LogP contribution in [0.25, 0.3) is 0 Å². The quantitative estimate of drug-likeness (QED) is 0.112. The van der Waals surface area contributed by atoms with Gasteiger partial charge >= 0.3 is 32.2 Å². The maximum Gasteiger partial charge on any atom is 2.00 e. The first kappa shape index (κ1) is 42.3. The van der Waals surface area contributed by atoms with Crippen LogP contribution in [0.2, 0.25) is 0 Å². The van der Waals surface area contributed by atoms with Crippen molar-refractivity contribution in [1.82, 2.24) is 0 Å². The molecule has 0 aromatic carbocycles. The molecule has 0 aliphatic carbocycles. The van der Waals surface area contributed by atoms with Crippen molar-refractivity contribution in [1.29, 1.82) is 0 Å². The van der Waals surface area contributed by atoms with E-state index in [0.717, 1.165) is 77.0 Å². The van der Waals surface area contributed by atoms with E-state index in [1.165, 1.54) is 0 Å². The van der Waals surface area contributed by atoms with Gasteiger partial charge in [-0.3, -0.25) is 4.89 Å². The van der Waals surface area contributed by atoms with Crippen LogP contribution in [-0.4, -0.2) is 24.5 Å². The predicted octanol–water partition coefficient (Wildman–Crippen LogP) is 5.38. The molecular formula is C28H54O7Zr. The van der Waals surface area contributed by atoms with Crippen molar-refractivity contribution in [2.24, 2.45) is 17.8 Å². The van der Waals surface area contributed by atoms with Crippen molar-refractivity contribution < 1.29 is 60.6 Å². The van der Waals surface area contributed by atoms with Crippen LogP contribution in [0, 0.1) is 17.8 Å². The van der Waals surface area contributed by atoms with E-state index in [4.69, 9.17) is 9.78 Å². The molecule has 0 saturated carbocycles. The summed E-state index contributed by atoms with van der Waals surface area (Å²) in [4.78, 5) is 41.8. The molecule has 0 heterocycles. The topological polar surface area (TPSA) is 116 Å². The summed E-state index contributed by atoms with van der Waals surface area (Å²) in [5.74, 6) is -2.43. The van der Waals surface area contributed by atoms with Crippen molar-refractivity contribution in [2.75, 3.05) is 6.61 Å². The minimum Gasteiger partial charge on any atom is -0.550 e. The fraction of sp³-hybridized carbons (Fsp3) is 0.893. The standard InChI is InChI=1S/C12H24O3.2C8H16O2.Zr/c1-4-7-9-11(6-3)12(13)15-14-10-8-5-2;2*1-3-5-6-7(4-2)8(9)10;/h11H,4-10H2,1-3H3;2*7H,3-6H2,1-2H3,(H,9,10);/q;;;+2/p-2. The van der Waals surface area contributed by atoms with Crippen LogP contribution in [-0.2, 0) is 50.4 Å². The summed E-state index contributed by atoms with van der Waals surface area (Å²) in [6.07, 6.45) is 12.9. The van der Waals surface area contributed by atoms with Crippen molar-refractivity contribution in [3.63, 3.8) is 0 Å². The largest absolute Gasteiger partial charge is 2.00 e. The van der Waals surface area contributed by atoms with E-state index in [9.17, 15) is 24.6 Å². The smallest absolute Gasteiger partial charge is 0.550 e. The van der Waals surface area contributed by atoms with Crippen molar-refractivity contribution in [3.8, 4) is 0 Å². The second-order valence-corrected chi connectivity index (χ2v) is 8.96. The third-order valence-corrected chi connectivity index (χ3v) is 5.92. The Kier molecular flexibility index (Phi) is 38.0. The number of carboxylic acids is 2. The molecule has 0 bridgehead atoms. The summed E-state index contributed by atoms with van der Waals surface area (Å²) < 4.78 is 0. The Bertz CT molecular complexity index is 474. The summed E-state index contributed by atoms with van der Waals surface area (Å²) in [5, 5.41) is 20.7. The van der Waals surface area contributed by atoms with Gasteiger partial charge in [-0.05, 0) is 56.8 Å². The zero-order valence-electron chi connectivity index (χ0n) is 24.2. The molecule has 0 saturated heterocycles. The van der Waals surface area contributed by atoms with E-state index >= 15 is 0 Å². The fourth-order valence-electron chi connectivity index (χ4n) is 3.19. The number of rotatable bonds is 19. The van der Waals surface area contributed by atoms with Crippen molar-refractivity contribution in [3.05, 3.63) is 0 Å². The van der Waals surface area contributed by atoms with Crippen LogP contribution >= 0.6 is 0 Å². The predicted molar refractivity (Wildman–Crippen MR) is 137 cm³/mol. The summed E-state index contributed by atoms with van der Waals surface area (Å²) in [5.41, 5.74) is 0. The van der Waals surface area contributed by atoms with Gasteiger partial charge in [0.15, 0.2) is 0 Å². The zero-order chi connectivity index (χ0) is 27.5. The van der Waals surface area contributed by atoms with E-state index in [2.05, 4.69) is 27.7 Å². The number of hydrogen-bond acceptors (Lipinski definition) is 7. The Morgan fingerprint density at radius 3 is 1.19 bits per heavy atom. The van der Waals surface area contributed by atoms with Gasteiger partial charge in [0.2, 0.25) is 0 Å². The number of hydrogen-bond donors (Lipinski definition) is 0. The second kappa shape index (κ2) is 32.3. The molecule has 0 aromatic rings. The summed E-state index contributed by atoms with van der Waals surface area (Å²) >= 11 is 0. The SMILES string of the molecule is CCCCC(CC)C(=O)[O-].CCCCC(CC)C(=O)[O-].CCCCOOC(=O)C(CC)CCCC.[Zr+2]. The van der Waals surface area contributed by atoms with Gasteiger partial charge in [0, 0.05) is 11.9 Å². The van der Waals surface area contributed by atoms with Gasteiger partial charge in [0.25, 0.3) is 0 Å². The number of carbonyl (C=O) groups excluding carboxylic acids is 3. The molecule has 0 spiro atoms. The molecule has 0 N–H and O–H groups in total. The first-order valence-electron chi connectivity index (χ1n) is 13.9. The molecule has 8 heteroatoms. The number of aliphatic carboxylic acids is 2. The normalized spacial score (nSPS) is 12.4. The molecule has 7 nitrogen and oxygen atoms in total. The molecule has 0 amide bonds. The molecule has 36 heavy (non-hydrogen) atoms. The van der Waals surface area contributed by atoms with Crippen LogP contribution in [0.15, 0.2) is 0 Å². The second-order valence-electron chi connectivity index (χ2n) is 8.96. The monoisotopic (exact) mass is 592 g/mol. The third-order valence-electron chi connectivity index (χ3n) is 5.92. The van der Waals surface area contributed by atoms with Gasteiger partial charge < -0.3 is 19.8 Å². The Morgan fingerprint density at radius 2 is 0.917 bits per heavy atom. The van der Waals surface area contributed by atoms with Gasteiger partial charge in [-0.15, -0.1) is 0 Å². The first-order valence-corrected chi connectivity index (χ1v) is 13.9. The Hall–Kier alpha value is -0.747. The number of carbonyl (C=O) groups is 3. The molecule has 3 unspecified atom stereocenters. The van der Waals surface area contributed by atoms with Crippen LogP contribution in [0.5, 0.6) is 0 Å². The molecule has 0 aromatic heterocycles. The minimum absolute atomic E-state index is 0. The van der Waals surface area contributed by atoms with E-state index in [1.807, 2.05) is 20.8 Å². The summed E-state index contributed by atoms with van der Waals surface area (Å²) in [6, 6.07) is 0. The maximum atomic E-state index is 11.5. The average Bonchev–Trinajstić information content (AvgIpc) is 2.83. The van der Waals surface area contributed by atoms with Gasteiger partial charge in [-0.2, -0.15) is 4.89 Å². The molecular weight excluding hydrogens is 540 g/mol. The minimum atomic E-state index is -0.893. The van der Waals surface area contributed by atoms with E-state index in [1.54, 1.807) is 0 Å². The van der Waals surface area contributed by atoms with Crippen LogP contribution in [0.4, 0.5) is 0 Å². The molecule has 0 aliphatic rings. The molecule has 0 radical (unpaired) electrons. The fourth-order valence-corrected chi connectivity index (χ4v) is 3.19. The van der Waals surface area contributed by atoms with Crippen LogP contribution in [0.1, 0.15) is 138 Å². The average molecular weight is 594 g/mol. The first-order chi connectivity index (χ1) is 16.7. The molecule has 212 valence electrons. The Morgan fingerprint density at radius 1 is 0.583 bits per heavy atom. The summed E-state index contributed by atoms with van der Waals surface area (Å²) in [7, 11) is 0. The van der Waals surface area contributed by atoms with E-state index in [-0.39, 0.29) is 49.9 Å². The third kappa shape index (κ3) is 27.8. The molecule has 0 fully saturated rings. The molecule has 0 aliphatic heterocycles. The van der Waals surface area contributed by atoms with Crippen molar-refractivity contribution in [2.45, 2.75) is 138 Å². The number of unbranched alkanes of at least 4 members (excludes halogenated alkanes) is 4. The van der Waals surface area contributed by atoms with Crippen molar-refractivity contribution >= 4 is 17.9 Å². The van der Waals surface area contributed by atoms with Gasteiger partial charge in [-0.25, -0.2) is 4.79 Å². The van der Waals surface area contributed by atoms with E-state index < -0.39 is 11.9 Å². The van der Waals surface area contributed by atoms with E-state index in [0.29, 0.717) is 19.4 Å².